The van der Waals surface area contributed by atoms with E-state index >= 15 is 0 Å². The van der Waals surface area contributed by atoms with E-state index in [2.05, 4.69) is 0 Å². The summed E-state index contributed by atoms with van der Waals surface area (Å²) in [5.74, 6) is -0.582. The van der Waals surface area contributed by atoms with Gasteiger partial charge in [0.25, 0.3) is 11.8 Å². The normalized spacial score (nSPS) is 21.6. The van der Waals surface area contributed by atoms with Crippen molar-refractivity contribution in [2.24, 2.45) is 0 Å². The number of benzene rings is 1. The lowest BCUT2D eigenvalue weighted by atomic mass is 9.96. The van der Waals surface area contributed by atoms with Crippen LogP contribution in [0.25, 0.3) is 0 Å². The van der Waals surface area contributed by atoms with Crippen LogP contribution in [0.4, 0.5) is 0 Å². The number of nitrogens with zero attached hydrogens (tertiary/aromatic N) is 1. The van der Waals surface area contributed by atoms with Gasteiger partial charge in [0.2, 0.25) is 0 Å². The summed E-state index contributed by atoms with van der Waals surface area (Å²) in [7, 11) is 0. The zero-order valence-electron chi connectivity index (χ0n) is 11.8. The molecule has 1 fully saturated rings. The Morgan fingerprint density at radius 3 is 1.89 bits per heavy atom. The van der Waals surface area contributed by atoms with Crippen LogP contribution < -0.4 is 0 Å². The first kappa shape index (κ1) is 13.7. The molecule has 0 aliphatic carbocycles. The Hall–Kier alpha value is -1.68. The molecule has 0 N–H and O–H groups in total. The third-order valence-corrected chi connectivity index (χ3v) is 3.21. The highest BCUT2D eigenvalue weighted by atomic mass is 16.5. The van der Waals surface area contributed by atoms with Gasteiger partial charge in [-0.15, -0.1) is 0 Å². The first-order valence-corrected chi connectivity index (χ1v) is 6.34. The van der Waals surface area contributed by atoms with Gasteiger partial charge >= 0.3 is 0 Å². The van der Waals surface area contributed by atoms with E-state index in [1.165, 1.54) is 4.90 Å². The molecule has 102 valence electrons. The quantitative estimate of drug-likeness (QED) is 0.766. The van der Waals surface area contributed by atoms with E-state index in [4.69, 9.17) is 4.74 Å². The topological polar surface area (TPSA) is 46.6 Å². The van der Waals surface area contributed by atoms with Crippen molar-refractivity contribution in [3.05, 3.63) is 35.9 Å². The van der Waals surface area contributed by atoms with Gasteiger partial charge in [0.15, 0.2) is 0 Å². The summed E-state index contributed by atoms with van der Waals surface area (Å²) in [6.45, 7) is 7.07. The Bertz CT molecular complexity index is 479. The van der Waals surface area contributed by atoms with Crippen LogP contribution >= 0.6 is 0 Å². The molecule has 1 aliphatic heterocycles. The van der Waals surface area contributed by atoms with E-state index in [1.807, 2.05) is 30.3 Å². The van der Waals surface area contributed by atoms with Gasteiger partial charge in [-0.1, -0.05) is 30.3 Å². The summed E-state index contributed by atoms with van der Waals surface area (Å²) < 4.78 is 5.61. The van der Waals surface area contributed by atoms with Crippen molar-refractivity contribution in [1.82, 2.24) is 4.90 Å². The van der Waals surface area contributed by atoms with Crippen LogP contribution in [0, 0.1) is 0 Å². The summed E-state index contributed by atoms with van der Waals surface area (Å²) in [5.41, 5.74) is -1.03. The fourth-order valence-electron chi connectivity index (χ4n) is 2.38. The smallest absolute Gasteiger partial charge is 0.261 e. The van der Waals surface area contributed by atoms with Crippen molar-refractivity contribution in [2.75, 3.05) is 0 Å². The Morgan fingerprint density at radius 2 is 1.42 bits per heavy atom. The second-order valence-corrected chi connectivity index (χ2v) is 5.80. The van der Waals surface area contributed by atoms with Crippen LogP contribution in [0.3, 0.4) is 0 Å². The molecule has 1 aromatic carbocycles. The largest absolute Gasteiger partial charge is 0.350 e. The second kappa shape index (κ2) is 4.46. The Labute approximate surface area is 113 Å². The van der Waals surface area contributed by atoms with Gasteiger partial charge in [0.05, 0.1) is 6.54 Å². The molecular formula is C15H19NO3. The van der Waals surface area contributed by atoms with Crippen LogP contribution in [0.5, 0.6) is 0 Å². The first-order valence-electron chi connectivity index (χ1n) is 6.34. The van der Waals surface area contributed by atoms with Gasteiger partial charge < -0.3 is 4.74 Å². The maximum atomic E-state index is 12.3. The molecule has 1 saturated heterocycles. The molecule has 1 heterocycles. The van der Waals surface area contributed by atoms with Crippen molar-refractivity contribution in [1.29, 1.82) is 0 Å². The molecule has 0 aromatic heterocycles. The molecule has 1 aliphatic rings. The third kappa shape index (κ3) is 2.54. The SMILES string of the molecule is CC1(C)OC(C)(C)C(=O)N(Cc2ccccc2)C1=O. The summed E-state index contributed by atoms with van der Waals surface area (Å²) in [6.07, 6.45) is 0. The Kier molecular flexibility index (Phi) is 3.22. The monoisotopic (exact) mass is 261 g/mol. The number of morpholine rings is 1. The lowest BCUT2D eigenvalue weighted by Crippen LogP contribution is -2.63. The van der Waals surface area contributed by atoms with Crippen molar-refractivity contribution >= 4 is 11.8 Å². The van der Waals surface area contributed by atoms with Crippen LogP contribution in [0.15, 0.2) is 30.3 Å². The molecule has 4 heteroatoms. The summed E-state index contributed by atoms with van der Waals surface area (Å²) in [6, 6.07) is 9.48. The predicted octanol–water partition coefficient (Wildman–Crippen LogP) is 2.13. The van der Waals surface area contributed by atoms with Gasteiger partial charge in [-0.05, 0) is 33.3 Å². The maximum absolute atomic E-state index is 12.3. The van der Waals surface area contributed by atoms with Crippen molar-refractivity contribution < 1.29 is 14.3 Å². The Balaban J connectivity index is 2.31. The minimum atomic E-state index is -0.980. The van der Waals surface area contributed by atoms with E-state index in [-0.39, 0.29) is 18.4 Å². The number of amides is 2. The molecule has 0 radical (unpaired) electrons. The summed E-state index contributed by atoms with van der Waals surface area (Å²) in [5, 5.41) is 0. The maximum Gasteiger partial charge on any atom is 0.261 e. The van der Waals surface area contributed by atoms with Crippen LogP contribution in [-0.2, 0) is 20.9 Å². The molecule has 0 saturated carbocycles. The highest BCUT2D eigenvalue weighted by Crippen LogP contribution is 2.31. The number of hydrogen-bond acceptors (Lipinski definition) is 3. The van der Waals surface area contributed by atoms with Crippen LogP contribution in [0.2, 0.25) is 0 Å². The van der Waals surface area contributed by atoms with Crippen molar-refractivity contribution in [3.8, 4) is 0 Å². The van der Waals surface area contributed by atoms with E-state index in [0.29, 0.717) is 0 Å². The molecule has 19 heavy (non-hydrogen) atoms. The molecule has 4 nitrogen and oxygen atoms in total. The Morgan fingerprint density at radius 1 is 0.947 bits per heavy atom. The zero-order valence-corrected chi connectivity index (χ0v) is 11.8. The fraction of sp³-hybridized carbons (Fsp3) is 0.467. The molecule has 0 bridgehead atoms. The number of carbonyl (C=O) groups excluding carboxylic acids is 2. The minimum absolute atomic E-state index is 0.286. The standard InChI is InChI=1S/C15H19NO3/c1-14(2)12(17)16(13(18)15(3,4)19-14)10-11-8-6-5-7-9-11/h5-9H,10H2,1-4H3. The van der Waals surface area contributed by atoms with Gasteiger partial charge in [0, 0.05) is 0 Å². The second-order valence-electron chi connectivity index (χ2n) is 5.80. The zero-order chi connectivity index (χ0) is 14.3. The number of carbonyl (C=O) groups is 2. The average molecular weight is 261 g/mol. The summed E-state index contributed by atoms with van der Waals surface area (Å²) in [4.78, 5) is 25.9. The lowest BCUT2D eigenvalue weighted by molar-refractivity contribution is -0.204. The molecule has 1 aromatic rings. The number of imide groups is 1. The highest BCUT2D eigenvalue weighted by Gasteiger charge is 2.50. The third-order valence-electron chi connectivity index (χ3n) is 3.21. The van der Waals surface area contributed by atoms with Crippen LogP contribution in [-0.4, -0.2) is 27.9 Å². The average Bonchev–Trinajstić information content (AvgIpc) is 2.33. The van der Waals surface area contributed by atoms with Crippen LogP contribution in [0.1, 0.15) is 33.3 Å². The number of ether oxygens (including phenoxy) is 1. The van der Waals surface area contributed by atoms with Gasteiger partial charge in [0.1, 0.15) is 11.2 Å². The highest BCUT2D eigenvalue weighted by molar-refractivity contribution is 6.04. The molecule has 2 rings (SSSR count). The number of hydrogen-bond donors (Lipinski definition) is 0. The number of rotatable bonds is 2. The molecule has 2 amide bonds. The van der Waals surface area contributed by atoms with Crippen molar-refractivity contribution in [2.45, 2.75) is 45.4 Å². The molecule has 0 spiro atoms. The summed E-state index contributed by atoms with van der Waals surface area (Å²) >= 11 is 0. The predicted molar refractivity (Wildman–Crippen MR) is 71.2 cm³/mol. The van der Waals surface area contributed by atoms with Gasteiger partial charge in [-0.25, -0.2) is 0 Å². The van der Waals surface area contributed by atoms with Gasteiger partial charge in [-0.3, -0.25) is 14.5 Å². The van der Waals surface area contributed by atoms with E-state index in [9.17, 15) is 9.59 Å². The lowest BCUT2D eigenvalue weighted by Gasteiger charge is -2.44. The van der Waals surface area contributed by atoms with Crippen molar-refractivity contribution in [3.63, 3.8) is 0 Å². The van der Waals surface area contributed by atoms with E-state index < -0.39 is 11.2 Å². The fourth-order valence-corrected chi connectivity index (χ4v) is 2.38. The van der Waals surface area contributed by atoms with Gasteiger partial charge in [-0.2, -0.15) is 0 Å². The minimum Gasteiger partial charge on any atom is -0.350 e. The van der Waals surface area contributed by atoms with E-state index in [1.54, 1.807) is 27.7 Å². The molecule has 0 unspecified atom stereocenters. The molecular weight excluding hydrogens is 242 g/mol. The first-order chi connectivity index (χ1) is 8.74. The molecule has 0 atom stereocenters. The van der Waals surface area contributed by atoms with E-state index in [0.717, 1.165) is 5.56 Å².